The normalized spacial score (nSPS) is 10.9. The number of carbonyl (C=O) groups is 2. The molecule has 26 heavy (non-hydrogen) atoms. The molecule has 0 radical (unpaired) electrons. The Labute approximate surface area is 153 Å². The summed E-state index contributed by atoms with van der Waals surface area (Å²) in [4.78, 5) is 24.0. The Hall–Kier alpha value is -2.82. The lowest BCUT2D eigenvalue weighted by Crippen LogP contribution is -2.27. The summed E-state index contributed by atoms with van der Waals surface area (Å²) in [5, 5.41) is 0. The highest BCUT2D eigenvalue weighted by Gasteiger charge is 2.27. The van der Waals surface area contributed by atoms with E-state index in [1.54, 1.807) is 36.4 Å². The third-order valence-electron chi connectivity index (χ3n) is 4.17. The van der Waals surface area contributed by atoms with E-state index in [0.717, 1.165) is 5.56 Å². The first-order chi connectivity index (χ1) is 12.3. The van der Waals surface area contributed by atoms with Gasteiger partial charge < -0.3 is 14.2 Å². The van der Waals surface area contributed by atoms with Crippen LogP contribution >= 0.6 is 0 Å². The third kappa shape index (κ3) is 5.34. The summed E-state index contributed by atoms with van der Waals surface area (Å²) < 4.78 is 15.8. The summed E-state index contributed by atoms with van der Waals surface area (Å²) in [6.07, 6.45) is 0.684. The van der Waals surface area contributed by atoms with E-state index >= 15 is 0 Å². The summed E-state index contributed by atoms with van der Waals surface area (Å²) in [5.74, 6) is 0.236. The molecule has 0 unspecified atom stereocenters. The van der Waals surface area contributed by atoms with Crippen LogP contribution < -0.4 is 9.47 Å². The molecule has 2 rings (SSSR count). The quantitative estimate of drug-likeness (QED) is 0.414. The molecule has 138 valence electrons. The van der Waals surface area contributed by atoms with Crippen molar-refractivity contribution >= 4 is 11.9 Å². The summed E-state index contributed by atoms with van der Waals surface area (Å²) in [5.41, 5.74) is 0.962. The van der Waals surface area contributed by atoms with Gasteiger partial charge in [-0.15, -0.1) is 0 Å². The minimum absolute atomic E-state index is 0.171. The van der Waals surface area contributed by atoms with Crippen molar-refractivity contribution in [2.45, 2.75) is 34.1 Å². The van der Waals surface area contributed by atoms with Crippen LogP contribution in [-0.2, 0) is 9.53 Å². The first-order valence-electron chi connectivity index (χ1n) is 8.51. The van der Waals surface area contributed by atoms with E-state index in [0.29, 0.717) is 23.5 Å². The van der Waals surface area contributed by atoms with Crippen LogP contribution in [0.15, 0.2) is 48.5 Å². The van der Waals surface area contributed by atoms with Gasteiger partial charge in [0.15, 0.2) is 0 Å². The van der Waals surface area contributed by atoms with Gasteiger partial charge in [0.1, 0.15) is 11.5 Å². The average molecular weight is 356 g/mol. The highest BCUT2D eigenvalue weighted by Crippen LogP contribution is 2.22. The molecule has 0 aliphatic heterocycles. The molecule has 0 saturated carbocycles. The van der Waals surface area contributed by atoms with Gasteiger partial charge in [-0.05, 0) is 63.6 Å². The van der Waals surface area contributed by atoms with Gasteiger partial charge in [-0.2, -0.15) is 0 Å². The van der Waals surface area contributed by atoms with Crippen LogP contribution in [0.1, 0.15) is 43.1 Å². The predicted octanol–water partition coefficient (Wildman–Crippen LogP) is 4.53. The molecule has 0 atom stereocenters. The lowest BCUT2D eigenvalue weighted by atomic mass is 9.91. The van der Waals surface area contributed by atoms with E-state index in [4.69, 9.17) is 14.2 Å². The molecule has 0 saturated heterocycles. The van der Waals surface area contributed by atoms with Crippen molar-refractivity contribution in [2.24, 2.45) is 5.41 Å². The van der Waals surface area contributed by atoms with Crippen LogP contribution in [0.25, 0.3) is 0 Å². The number of benzene rings is 2. The number of carbonyl (C=O) groups excluding carboxylic acids is 2. The fraction of sp³-hybridized carbons (Fsp3) is 0.333. The number of hydrogen-bond donors (Lipinski definition) is 0. The topological polar surface area (TPSA) is 61.8 Å². The number of hydrogen-bond acceptors (Lipinski definition) is 5. The van der Waals surface area contributed by atoms with Crippen molar-refractivity contribution < 1.29 is 23.8 Å². The number of ether oxygens (including phenoxy) is 3. The maximum absolute atomic E-state index is 12.1. The summed E-state index contributed by atoms with van der Waals surface area (Å²) in [7, 11) is 0. The van der Waals surface area contributed by atoms with E-state index in [1.807, 2.05) is 39.8 Å². The van der Waals surface area contributed by atoms with Crippen LogP contribution in [0, 0.1) is 12.3 Å². The SMILES string of the molecule is CCC(C)(C)C(=O)OCOc1ccc(C(=O)Oc2ccc(C)cc2)cc1. The van der Waals surface area contributed by atoms with E-state index in [9.17, 15) is 9.59 Å². The average Bonchev–Trinajstić information content (AvgIpc) is 2.64. The van der Waals surface area contributed by atoms with Crippen LogP contribution in [0.4, 0.5) is 0 Å². The maximum Gasteiger partial charge on any atom is 0.343 e. The van der Waals surface area contributed by atoms with Crippen LogP contribution in [0.3, 0.4) is 0 Å². The van der Waals surface area contributed by atoms with Gasteiger partial charge in [0.05, 0.1) is 11.0 Å². The summed E-state index contributed by atoms with van der Waals surface area (Å²) >= 11 is 0. The van der Waals surface area contributed by atoms with Gasteiger partial charge in [0.25, 0.3) is 0 Å². The monoisotopic (exact) mass is 356 g/mol. The number of aryl methyl sites for hydroxylation is 1. The standard InChI is InChI=1S/C21H24O5/c1-5-21(3,4)20(23)25-14-24-17-12-8-16(9-13-17)19(22)26-18-10-6-15(2)7-11-18/h6-13H,5,14H2,1-4H3. The molecule has 2 aromatic rings. The van der Waals surface area contributed by atoms with Crippen molar-refractivity contribution in [2.75, 3.05) is 6.79 Å². The van der Waals surface area contributed by atoms with Gasteiger partial charge >= 0.3 is 11.9 Å². The second-order valence-corrected chi connectivity index (χ2v) is 6.66. The Morgan fingerprint density at radius 1 is 0.923 bits per heavy atom. The minimum atomic E-state index is -0.535. The van der Waals surface area contributed by atoms with E-state index in [-0.39, 0.29) is 12.8 Å². The largest absolute Gasteiger partial charge is 0.457 e. The molecule has 5 nitrogen and oxygen atoms in total. The molecule has 0 heterocycles. The molecule has 2 aromatic carbocycles. The van der Waals surface area contributed by atoms with Gasteiger partial charge in [-0.1, -0.05) is 24.6 Å². The van der Waals surface area contributed by atoms with Crippen molar-refractivity contribution in [3.8, 4) is 11.5 Å². The second-order valence-electron chi connectivity index (χ2n) is 6.66. The van der Waals surface area contributed by atoms with E-state index in [2.05, 4.69) is 0 Å². The summed E-state index contributed by atoms with van der Waals surface area (Å²) in [6.45, 7) is 7.37. The fourth-order valence-electron chi connectivity index (χ4n) is 1.95. The number of esters is 2. The van der Waals surface area contributed by atoms with Gasteiger partial charge in [-0.25, -0.2) is 4.79 Å². The molecule has 0 bridgehead atoms. The Morgan fingerprint density at radius 2 is 1.50 bits per heavy atom. The van der Waals surface area contributed by atoms with Crippen molar-refractivity contribution in [3.63, 3.8) is 0 Å². The van der Waals surface area contributed by atoms with Crippen molar-refractivity contribution in [1.29, 1.82) is 0 Å². The Kier molecular flexibility index (Phi) is 6.39. The maximum atomic E-state index is 12.1. The van der Waals surface area contributed by atoms with Crippen LogP contribution in [0.2, 0.25) is 0 Å². The zero-order valence-electron chi connectivity index (χ0n) is 15.6. The highest BCUT2D eigenvalue weighted by atomic mass is 16.7. The van der Waals surface area contributed by atoms with Crippen molar-refractivity contribution in [3.05, 3.63) is 59.7 Å². The predicted molar refractivity (Wildman–Crippen MR) is 98.2 cm³/mol. The first kappa shape index (κ1) is 19.5. The molecule has 0 N–H and O–H groups in total. The van der Waals surface area contributed by atoms with E-state index < -0.39 is 11.4 Å². The lowest BCUT2D eigenvalue weighted by Gasteiger charge is -2.20. The zero-order chi connectivity index (χ0) is 19.2. The minimum Gasteiger partial charge on any atom is -0.457 e. The van der Waals surface area contributed by atoms with Crippen molar-refractivity contribution in [1.82, 2.24) is 0 Å². The zero-order valence-corrected chi connectivity index (χ0v) is 15.6. The number of rotatable bonds is 7. The van der Waals surface area contributed by atoms with Crippen LogP contribution in [0.5, 0.6) is 11.5 Å². The highest BCUT2D eigenvalue weighted by molar-refractivity contribution is 5.91. The molecule has 0 aliphatic rings. The van der Waals surface area contributed by atoms with Crippen LogP contribution in [-0.4, -0.2) is 18.7 Å². The third-order valence-corrected chi connectivity index (χ3v) is 4.17. The smallest absolute Gasteiger partial charge is 0.343 e. The Bertz CT molecular complexity index is 745. The molecule has 0 spiro atoms. The summed E-state index contributed by atoms with van der Waals surface area (Å²) in [6, 6.07) is 13.7. The molecule has 0 amide bonds. The lowest BCUT2D eigenvalue weighted by molar-refractivity contribution is -0.160. The molecule has 0 aliphatic carbocycles. The molecular weight excluding hydrogens is 332 g/mol. The molecule has 5 heteroatoms. The Balaban J connectivity index is 1.86. The van der Waals surface area contributed by atoms with Gasteiger partial charge in [-0.3, -0.25) is 4.79 Å². The molecule has 0 aromatic heterocycles. The fourth-order valence-corrected chi connectivity index (χ4v) is 1.95. The Morgan fingerprint density at radius 3 is 2.08 bits per heavy atom. The van der Waals surface area contributed by atoms with Gasteiger partial charge in [0.2, 0.25) is 6.79 Å². The molecular formula is C21H24O5. The second kappa shape index (κ2) is 8.52. The van der Waals surface area contributed by atoms with E-state index in [1.165, 1.54) is 0 Å². The molecule has 0 fully saturated rings. The van der Waals surface area contributed by atoms with Gasteiger partial charge in [0, 0.05) is 0 Å². The first-order valence-corrected chi connectivity index (χ1v) is 8.51.